The quantitative estimate of drug-likeness (QED) is 0.755. The van der Waals surface area contributed by atoms with E-state index in [2.05, 4.69) is 22.0 Å². The average Bonchev–Trinajstić information content (AvgIpc) is 2.83. The molecule has 2 aliphatic heterocycles. The normalized spacial score (nSPS) is 35.6. The molecular formula is C13H24N2S. The van der Waals surface area contributed by atoms with E-state index in [0.717, 1.165) is 6.04 Å². The van der Waals surface area contributed by atoms with Gasteiger partial charge in [0.05, 0.1) is 0 Å². The molecule has 3 fully saturated rings. The summed E-state index contributed by atoms with van der Waals surface area (Å²) in [6.45, 7) is 3.84. The van der Waals surface area contributed by atoms with Crippen LogP contribution in [-0.2, 0) is 0 Å². The summed E-state index contributed by atoms with van der Waals surface area (Å²) < 4.78 is 0. The van der Waals surface area contributed by atoms with Crippen molar-refractivity contribution in [2.75, 3.05) is 31.1 Å². The fraction of sp³-hybridized carbons (Fsp3) is 1.00. The molecule has 0 amide bonds. The molecule has 92 valence electrons. The highest BCUT2D eigenvalue weighted by molar-refractivity contribution is 7.99. The third kappa shape index (κ3) is 2.27. The maximum atomic E-state index is 3.84. The molecule has 0 aromatic rings. The second-order valence-electron chi connectivity index (χ2n) is 5.76. The van der Waals surface area contributed by atoms with Crippen molar-refractivity contribution in [3.63, 3.8) is 0 Å². The summed E-state index contributed by atoms with van der Waals surface area (Å²) in [5.41, 5.74) is 0.504. The molecular weight excluding hydrogens is 216 g/mol. The van der Waals surface area contributed by atoms with Gasteiger partial charge >= 0.3 is 0 Å². The third-order valence-corrected chi connectivity index (χ3v) is 5.78. The predicted molar refractivity (Wildman–Crippen MR) is 71.1 cm³/mol. The van der Waals surface area contributed by atoms with Gasteiger partial charge in [-0.15, -0.1) is 0 Å². The number of piperazine rings is 1. The summed E-state index contributed by atoms with van der Waals surface area (Å²) in [7, 11) is 0. The molecule has 16 heavy (non-hydrogen) atoms. The fourth-order valence-electron chi connectivity index (χ4n) is 3.67. The predicted octanol–water partition coefficient (Wildman–Crippen LogP) is 2.10. The molecule has 1 N–H and O–H groups in total. The molecule has 1 atom stereocenters. The standard InChI is InChI=1S/C13H24N2S/c1-2-5-13(6-3-1)11-15(8-7-14-13)12-4-9-16-10-12/h12,14H,1-11H2. The van der Waals surface area contributed by atoms with Crippen LogP contribution in [0.2, 0.25) is 0 Å². The van der Waals surface area contributed by atoms with Crippen LogP contribution in [-0.4, -0.2) is 47.6 Å². The largest absolute Gasteiger partial charge is 0.309 e. The van der Waals surface area contributed by atoms with Gasteiger partial charge in [0.25, 0.3) is 0 Å². The van der Waals surface area contributed by atoms with Gasteiger partial charge in [-0.05, 0) is 25.0 Å². The Morgan fingerprint density at radius 2 is 2.06 bits per heavy atom. The average molecular weight is 240 g/mol. The zero-order valence-corrected chi connectivity index (χ0v) is 11.0. The van der Waals surface area contributed by atoms with Crippen LogP contribution in [0.25, 0.3) is 0 Å². The lowest BCUT2D eigenvalue weighted by Crippen LogP contribution is -2.62. The Bertz CT molecular complexity index is 227. The molecule has 3 heteroatoms. The highest BCUT2D eigenvalue weighted by Gasteiger charge is 2.38. The SMILES string of the molecule is C1CCC2(CC1)CN(C1CCSC1)CCN2. The first-order valence-electron chi connectivity index (χ1n) is 6.95. The number of nitrogens with zero attached hydrogens (tertiary/aromatic N) is 1. The van der Waals surface area contributed by atoms with E-state index in [9.17, 15) is 0 Å². The lowest BCUT2D eigenvalue weighted by molar-refractivity contribution is 0.0753. The maximum Gasteiger partial charge on any atom is 0.0309 e. The topological polar surface area (TPSA) is 15.3 Å². The Labute approximate surface area is 104 Å². The number of hydrogen-bond acceptors (Lipinski definition) is 3. The van der Waals surface area contributed by atoms with E-state index >= 15 is 0 Å². The molecule has 1 unspecified atom stereocenters. The second kappa shape index (κ2) is 4.87. The third-order valence-electron chi connectivity index (χ3n) is 4.64. The van der Waals surface area contributed by atoms with Crippen LogP contribution in [0.1, 0.15) is 38.5 Å². The van der Waals surface area contributed by atoms with Gasteiger partial charge in [-0.25, -0.2) is 0 Å². The molecule has 3 aliphatic rings. The molecule has 2 saturated heterocycles. The van der Waals surface area contributed by atoms with Crippen molar-refractivity contribution in [3.05, 3.63) is 0 Å². The Morgan fingerprint density at radius 3 is 2.81 bits per heavy atom. The van der Waals surface area contributed by atoms with Gasteiger partial charge in [0, 0.05) is 37.0 Å². The molecule has 0 radical (unpaired) electrons. The molecule has 2 heterocycles. The van der Waals surface area contributed by atoms with Crippen molar-refractivity contribution >= 4 is 11.8 Å². The van der Waals surface area contributed by atoms with Crippen molar-refractivity contribution in [1.82, 2.24) is 10.2 Å². The molecule has 0 aromatic heterocycles. The first-order valence-corrected chi connectivity index (χ1v) is 8.10. The number of nitrogens with one attached hydrogen (secondary N) is 1. The minimum absolute atomic E-state index is 0.504. The zero-order chi connectivity index (χ0) is 10.8. The number of hydrogen-bond donors (Lipinski definition) is 1. The molecule has 2 nitrogen and oxygen atoms in total. The van der Waals surface area contributed by atoms with Gasteiger partial charge in [-0.3, -0.25) is 4.90 Å². The minimum Gasteiger partial charge on any atom is -0.309 e. The van der Waals surface area contributed by atoms with Gasteiger partial charge in [0.2, 0.25) is 0 Å². The number of thioether (sulfide) groups is 1. The Kier molecular flexibility index (Phi) is 3.46. The first-order chi connectivity index (χ1) is 7.88. The van der Waals surface area contributed by atoms with Crippen LogP contribution in [0, 0.1) is 0 Å². The van der Waals surface area contributed by atoms with E-state index in [4.69, 9.17) is 0 Å². The molecule has 1 saturated carbocycles. The van der Waals surface area contributed by atoms with Crippen LogP contribution in [0.15, 0.2) is 0 Å². The molecule has 1 aliphatic carbocycles. The van der Waals surface area contributed by atoms with Crippen LogP contribution >= 0.6 is 11.8 Å². The molecule has 0 bridgehead atoms. The Balaban J connectivity index is 1.64. The van der Waals surface area contributed by atoms with E-state index in [1.54, 1.807) is 0 Å². The van der Waals surface area contributed by atoms with Crippen molar-refractivity contribution in [1.29, 1.82) is 0 Å². The number of rotatable bonds is 1. The van der Waals surface area contributed by atoms with E-state index < -0.39 is 0 Å². The highest BCUT2D eigenvalue weighted by atomic mass is 32.2. The van der Waals surface area contributed by atoms with E-state index in [1.165, 1.54) is 69.7 Å². The molecule has 3 rings (SSSR count). The Hall–Kier alpha value is 0.270. The monoisotopic (exact) mass is 240 g/mol. The van der Waals surface area contributed by atoms with E-state index in [0.29, 0.717) is 5.54 Å². The van der Waals surface area contributed by atoms with E-state index in [-0.39, 0.29) is 0 Å². The summed E-state index contributed by atoms with van der Waals surface area (Å²) >= 11 is 2.15. The summed E-state index contributed by atoms with van der Waals surface area (Å²) in [5.74, 6) is 2.78. The molecule has 1 spiro atoms. The second-order valence-corrected chi connectivity index (χ2v) is 6.91. The van der Waals surface area contributed by atoms with Gasteiger partial charge in [-0.1, -0.05) is 19.3 Å². The fourth-order valence-corrected chi connectivity index (χ4v) is 4.93. The van der Waals surface area contributed by atoms with Gasteiger partial charge in [0.15, 0.2) is 0 Å². The van der Waals surface area contributed by atoms with Gasteiger partial charge in [0.1, 0.15) is 0 Å². The maximum absolute atomic E-state index is 3.84. The zero-order valence-electron chi connectivity index (χ0n) is 10.2. The van der Waals surface area contributed by atoms with Crippen LogP contribution in [0.3, 0.4) is 0 Å². The van der Waals surface area contributed by atoms with Crippen LogP contribution in [0.5, 0.6) is 0 Å². The molecule has 0 aromatic carbocycles. The van der Waals surface area contributed by atoms with E-state index in [1.807, 2.05) is 0 Å². The minimum atomic E-state index is 0.504. The van der Waals surface area contributed by atoms with Crippen molar-refractivity contribution in [2.45, 2.75) is 50.1 Å². The Morgan fingerprint density at radius 1 is 1.19 bits per heavy atom. The van der Waals surface area contributed by atoms with Gasteiger partial charge in [-0.2, -0.15) is 11.8 Å². The van der Waals surface area contributed by atoms with Crippen molar-refractivity contribution in [2.24, 2.45) is 0 Å². The lowest BCUT2D eigenvalue weighted by atomic mass is 9.80. The van der Waals surface area contributed by atoms with Crippen LogP contribution in [0.4, 0.5) is 0 Å². The summed E-state index contributed by atoms with van der Waals surface area (Å²) in [4.78, 5) is 2.79. The van der Waals surface area contributed by atoms with Gasteiger partial charge < -0.3 is 5.32 Å². The van der Waals surface area contributed by atoms with Crippen molar-refractivity contribution < 1.29 is 0 Å². The highest BCUT2D eigenvalue weighted by Crippen LogP contribution is 2.33. The van der Waals surface area contributed by atoms with Crippen molar-refractivity contribution in [3.8, 4) is 0 Å². The first kappa shape index (κ1) is 11.4. The van der Waals surface area contributed by atoms with Crippen LogP contribution < -0.4 is 5.32 Å². The smallest absolute Gasteiger partial charge is 0.0309 e. The summed E-state index contributed by atoms with van der Waals surface area (Å²) in [6.07, 6.45) is 8.62. The summed E-state index contributed by atoms with van der Waals surface area (Å²) in [5, 5.41) is 3.84. The summed E-state index contributed by atoms with van der Waals surface area (Å²) in [6, 6.07) is 0.894. The lowest BCUT2D eigenvalue weighted by Gasteiger charge is -2.48.